The molecule has 0 atom stereocenters. The van der Waals surface area contributed by atoms with E-state index in [2.05, 4.69) is 5.32 Å². The third-order valence-electron chi connectivity index (χ3n) is 2.99. The Kier molecular flexibility index (Phi) is 5.20. The number of anilines is 2. The Morgan fingerprint density at radius 1 is 1.29 bits per heavy atom. The van der Waals surface area contributed by atoms with Gasteiger partial charge in [0.15, 0.2) is 0 Å². The van der Waals surface area contributed by atoms with Gasteiger partial charge in [-0.3, -0.25) is 4.79 Å². The van der Waals surface area contributed by atoms with E-state index in [4.69, 9.17) is 22.1 Å². The summed E-state index contributed by atoms with van der Waals surface area (Å²) in [6, 6.07) is 12.3. The van der Waals surface area contributed by atoms with E-state index >= 15 is 0 Å². The highest BCUT2D eigenvalue weighted by molar-refractivity contribution is 6.33. The summed E-state index contributed by atoms with van der Waals surface area (Å²) in [4.78, 5) is 12.3. The van der Waals surface area contributed by atoms with Crippen LogP contribution in [0.5, 0.6) is 0 Å². The van der Waals surface area contributed by atoms with Crippen LogP contribution in [-0.2, 0) is 11.3 Å². The van der Waals surface area contributed by atoms with Gasteiger partial charge in [-0.05, 0) is 31.2 Å². The molecule has 0 aliphatic heterocycles. The summed E-state index contributed by atoms with van der Waals surface area (Å²) in [5.41, 5.74) is 8.20. The number of amides is 1. The highest BCUT2D eigenvalue weighted by Crippen LogP contribution is 2.21. The molecule has 0 saturated heterocycles. The topological polar surface area (TPSA) is 64.3 Å². The SMILES string of the molecule is CCOCc1ccccc1NC(=O)c1ccc(N)c(Cl)c1. The lowest BCUT2D eigenvalue weighted by molar-refractivity contribution is 0.102. The molecule has 5 heteroatoms. The van der Waals surface area contributed by atoms with Gasteiger partial charge in [0.2, 0.25) is 0 Å². The molecule has 0 radical (unpaired) electrons. The van der Waals surface area contributed by atoms with E-state index in [1.54, 1.807) is 18.2 Å². The Balaban J connectivity index is 2.17. The van der Waals surface area contributed by atoms with Crippen LogP contribution in [-0.4, -0.2) is 12.5 Å². The van der Waals surface area contributed by atoms with Crippen molar-refractivity contribution in [1.82, 2.24) is 0 Å². The second-order valence-electron chi connectivity index (χ2n) is 4.48. The van der Waals surface area contributed by atoms with Crippen LogP contribution in [0.15, 0.2) is 42.5 Å². The number of para-hydroxylation sites is 1. The van der Waals surface area contributed by atoms with Crippen molar-refractivity contribution in [2.45, 2.75) is 13.5 Å². The van der Waals surface area contributed by atoms with Gasteiger partial charge in [-0.25, -0.2) is 0 Å². The van der Waals surface area contributed by atoms with Crippen molar-refractivity contribution in [3.05, 3.63) is 58.6 Å². The fraction of sp³-hybridized carbons (Fsp3) is 0.188. The molecular formula is C16H17ClN2O2. The smallest absolute Gasteiger partial charge is 0.255 e. The lowest BCUT2D eigenvalue weighted by atomic mass is 10.1. The lowest BCUT2D eigenvalue weighted by Gasteiger charge is -2.11. The zero-order valence-corrected chi connectivity index (χ0v) is 12.5. The summed E-state index contributed by atoms with van der Waals surface area (Å²) in [6.07, 6.45) is 0. The first-order chi connectivity index (χ1) is 10.1. The summed E-state index contributed by atoms with van der Waals surface area (Å²) in [7, 11) is 0. The monoisotopic (exact) mass is 304 g/mol. The molecular weight excluding hydrogens is 288 g/mol. The van der Waals surface area contributed by atoms with Gasteiger partial charge in [0.05, 0.1) is 17.3 Å². The molecule has 21 heavy (non-hydrogen) atoms. The fourth-order valence-corrected chi connectivity index (χ4v) is 2.02. The van der Waals surface area contributed by atoms with Crippen LogP contribution in [0.1, 0.15) is 22.8 Å². The molecule has 0 unspecified atom stereocenters. The lowest BCUT2D eigenvalue weighted by Crippen LogP contribution is -2.13. The number of nitrogen functional groups attached to an aromatic ring is 1. The van der Waals surface area contributed by atoms with Crippen molar-refractivity contribution < 1.29 is 9.53 Å². The van der Waals surface area contributed by atoms with Crippen molar-refractivity contribution in [3.8, 4) is 0 Å². The van der Waals surface area contributed by atoms with E-state index < -0.39 is 0 Å². The van der Waals surface area contributed by atoms with Crippen LogP contribution >= 0.6 is 11.6 Å². The molecule has 0 spiro atoms. The zero-order chi connectivity index (χ0) is 15.2. The van der Waals surface area contributed by atoms with Crippen LogP contribution in [0.3, 0.4) is 0 Å². The molecule has 0 fully saturated rings. The molecule has 0 aliphatic rings. The number of halogens is 1. The normalized spacial score (nSPS) is 10.4. The van der Waals surface area contributed by atoms with Crippen molar-refractivity contribution in [2.24, 2.45) is 0 Å². The summed E-state index contributed by atoms with van der Waals surface area (Å²) >= 11 is 5.94. The molecule has 110 valence electrons. The first-order valence-corrected chi connectivity index (χ1v) is 7.01. The third-order valence-corrected chi connectivity index (χ3v) is 3.32. The Morgan fingerprint density at radius 3 is 2.76 bits per heavy atom. The average molecular weight is 305 g/mol. The molecule has 0 aromatic heterocycles. The Morgan fingerprint density at radius 2 is 2.05 bits per heavy atom. The van der Waals surface area contributed by atoms with Crippen LogP contribution in [0.4, 0.5) is 11.4 Å². The molecule has 2 rings (SSSR count). The third kappa shape index (κ3) is 3.97. The number of carbonyl (C=O) groups excluding carboxylic acids is 1. The number of hydrogen-bond donors (Lipinski definition) is 2. The molecule has 0 heterocycles. The Hall–Kier alpha value is -2.04. The summed E-state index contributed by atoms with van der Waals surface area (Å²) in [6.45, 7) is 3.00. The van der Waals surface area contributed by atoms with Gasteiger partial charge in [0.1, 0.15) is 0 Å². The maximum absolute atomic E-state index is 12.3. The Bertz CT molecular complexity index is 644. The number of nitrogens with two attached hydrogens (primary N) is 1. The standard InChI is InChI=1S/C16H17ClN2O2/c1-2-21-10-12-5-3-4-6-15(12)19-16(20)11-7-8-14(18)13(17)9-11/h3-9H,2,10,18H2,1H3,(H,19,20). The van der Waals surface area contributed by atoms with Crippen LogP contribution in [0, 0.1) is 0 Å². The van der Waals surface area contributed by atoms with Gasteiger partial charge in [-0.15, -0.1) is 0 Å². The molecule has 1 amide bonds. The second-order valence-corrected chi connectivity index (χ2v) is 4.89. The maximum atomic E-state index is 12.3. The van der Waals surface area contributed by atoms with Gasteiger partial charge in [-0.1, -0.05) is 29.8 Å². The molecule has 4 nitrogen and oxygen atoms in total. The quantitative estimate of drug-likeness (QED) is 0.828. The number of ether oxygens (including phenoxy) is 1. The largest absolute Gasteiger partial charge is 0.398 e. The van der Waals surface area contributed by atoms with E-state index in [0.29, 0.717) is 29.5 Å². The van der Waals surface area contributed by atoms with Gasteiger partial charge < -0.3 is 15.8 Å². The van der Waals surface area contributed by atoms with Crippen LogP contribution in [0.25, 0.3) is 0 Å². The number of benzene rings is 2. The van der Waals surface area contributed by atoms with E-state index in [1.807, 2.05) is 31.2 Å². The highest BCUT2D eigenvalue weighted by atomic mass is 35.5. The molecule has 3 N–H and O–H groups in total. The van der Waals surface area contributed by atoms with E-state index in [1.165, 1.54) is 0 Å². The fourth-order valence-electron chi connectivity index (χ4n) is 1.84. The summed E-state index contributed by atoms with van der Waals surface area (Å²) in [5.74, 6) is -0.235. The van der Waals surface area contributed by atoms with E-state index in [-0.39, 0.29) is 5.91 Å². The average Bonchev–Trinajstić information content (AvgIpc) is 2.49. The van der Waals surface area contributed by atoms with Crippen LogP contribution in [0.2, 0.25) is 5.02 Å². The van der Waals surface area contributed by atoms with Gasteiger partial charge in [0.25, 0.3) is 5.91 Å². The first kappa shape index (κ1) is 15.4. The zero-order valence-electron chi connectivity index (χ0n) is 11.7. The molecule has 0 bridgehead atoms. The predicted molar refractivity (Wildman–Crippen MR) is 85.6 cm³/mol. The molecule has 0 aliphatic carbocycles. The van der Waals surface area contributed by atoms with Crippen molar-refractivity contribution in [1.29, 1.82) is 0 Å². The van der Waals surface area contributed by atoms with Crippen molar-refractivity contribution >= 4 is 28.9 Å². The van der Waals surface area contributed by atoms with Gasteiger partial charge in [-0.2, -0.15) is 0 Å². The number of carbonyl (C=O) groups is 1. The van der Waals surface area contributed by atoms with Crippen LogP contribution < -0.4 is 11.1 Å². The second kappa shape index (κ2) is 7.11. The minimum absolute atomic E-state index is 0.235. The van der Waals surface area contributed by atoms with E-state index in [9.17, 15) is 4.79 Å². The minimum Gasteiger partial charge on any atom is -0.398 e. The number of hydrogen-bond acceptors (Lipinski definition) is 3. The highest BCUT2D eigenvalue weighted by Gasteiger charge is 2.10. The molecule has 2 aromatic carbocycles. The maximum Gasteiger partial charge on any atom is 0.255 e. The number of nitrogens with one attached hydrogen (secondary N) is 1. The predicted octanol–water partition coefficient (Wildman–Crippen LogP) is 3.71. The molecule has 2 aromatic rings. The van der Waals surface area contributed by atoms with Crippen molar-refractivity contribution in [2.75, 3.05) is 17.7 Å². The first-order valence-electron chi connectivity index (χ1n) is 6.64. The summed E-state index contributed by atoms with van der Waals surface area (Å²) < 4.78 is 5.39. The minimum atomic E-state index is -0.235. The van der Waals surface area contributed by atoms with Crippen molar-refractivity contribution in [3.63, 3.8) is 0 Å². The van der Waals surface area contributed by atoms with Gasteiger partial charge >= 0.3 is 0 Å². The Labute approximate surface area is 128 Å². The molecule has 0 saturated carbocycles. The number of rotatable bonds is 5. The van der Waals surface area contributed by atoms with E-state index in [0.717, 1.165) is 11.3 Å². The summed E-state index contributed by atoms with van der Waals surface area (Å²) in [5, 5.41) is 3.23. The van der Waals surface area contributed by atoms with Gasteiger partial charge in [0, 0.05) is 23.4 Å².